The molecule has 0 saturated heterocycles. The smallest absolute Gasteiger partial charge is 0.257 e. The fraction of sp³-hybridized carbons (Fsp3) is 0.0714. The summed E-state index contributed by atoms with van der Waals surface area (Å²) in [4.78, 5) is 9.90. The van der Waals surface area contributed by atoms with Crippen molar-refractivity contribution in [2.75, 3.05) is 5.73 Å². The van der Waals surface area contributed by atoms with Crippen LogP contribution >= 0.6 is 22.7 Å². The number of fused-ring (bicyclic) bond motifs is 1. The molecule has 1 aromatic carbocycles. The summed E-state index contributed by atoms with van der Waals surface area (Å²) in [6.07, 6.45) is 0.691. The van der Waals surface area contributed by atoms with Crippen molar-refractivity contribution in [2.24, 2.45) is 0 Å². The van der Waals surface area contributed by atoms with Gasteiger partial charge in [-0.25, -0.2) is 4.98 Å². The first-order chi connectivity index (χ1) is 10.3. The highest BCUT2D eigenvalue weighted by Gasteiger charge is 2.11. The van der Waals surface area contributed by atoms with Crippen LogP contribution < -0.4 is 5.73 Å². The van der Waals surface area contributed by atoms with Gasteiger partial charge in [-0.1, -0.05) is 22.6 Å². The zero-order valence-electron chi connectivity index (χ0n) is 10.8. The SMILES string of the molecule is Nc1nc2ccc(-c3nc(Cc4cccs4)no3)cc2s1. The average molecular weight is 314 g/mol. The number of aromatic nitrogens is 3. The molecule has 0 spiro atoms. The Morgan fingerprint density at radius 2 is 2.14 bits per heavy atom. The van der Waals surface area contributed by atoms with Gasteiger partial charge in [0.05, 0.1) is 10.2 Å². The van der Waals surface area contributed by atoms with Crippen molar-refractivity contribution in [1.82, 2.24) is 15.1 Å². The van der Waals surface area contributed by atoms with E-state index in [-0.39, 0.29) is 0 Å². The molecule has 21 heavy (non-hydrogen) atoms. The number of hydrogen-bond acceptors (Lipinski definition) is 7. The van der Waals surface area contributed by atoms with Crippen LogP contribution in [-0.2, 0) is 6.42 Å². The maximum Gasteiger partial charge on any atom is 0.257 e. The predicted octanol–water partition coefficient (Wildman–Crippen LogP) is 3.58. The molecule has 0 bridgehead atoms. The number of nitrogens with zero attached hydrogens (tertiary/aromatic N) is 3. The third-order valence-corrected chi connectivity index (χ3v) is 4.76. The van der Waals surface area contributed by atoms with E-state index in [2.05, 4.69) is 21.2 Å². The van der Waals surface area contributed by atoms with Crippen LogP contribution in [0.2, 0.25) is 0 Å². The zero-order valence-corrected chi connectivity index (χ0v) is 12.4. The summed E-state index contributed by atoms with van der Waals surface area (Å²) in [7, 11) is 0. The molecule has 5 nitrogen and oxygen atoms in total. The highest BCUT2D eigenvalue weighted by Crippen LogP contribution is 2.28. The van der Waals surface area contributed by atoms with E-state index in [4.69, 9.17) is 10.3 Å². The lowest BCUT2D eigenvalue weighted by Gasteiger charge is -1.93. The van der Waals surface area contributed by atoms with E-state index in [1.54, 1.807) is 11.3 Å². The summed E-state index contributed by atoms with van der Waals surface area (Å²) in [6.45, 7) is 0. The number of rotatable bonds is 3. The second kappa shape index (κ2) is 4.94. The molecule has 0 atom stereocenters. The van der Waals surface area contributed by atoms with Crippen LogP contribution in [0.15, 0.2) is 40.2 Å². The van der Waals surface area contributed by atoms with Crippen LogP contribution in [0.4, 0.5) is 5.13 Å². The van der Waals surface area contributed by atoms with Gasteiger partial charge in [-0.3, -0.25) is 0 Å². The van der Waals surface area contributed by atoms with Crippen molar-refractivity contribution in [3.05, 3.63) is 46.4 Å². The molecule has 3 heterocycles. The highest BCUT2D eigenvalue weighted by molar-refractivity contribution is 7.22. The first-order valence-corrected chi connectivity index (χ1v) is 7.99. The molecule has 0 aliphatic rings. The summed E-state index contributed by atoms with van der Waals surface area (Å²) >= 11 is 3.14. The standard InChI is InChI=1S/C14H10N4OS2/c15-14-16-10-4-3-8(6-11(10)21-14)13-17-12(18-19-13)7-9-2-1-5-20-9/h1-6H,7H2,(H2,15,16). The summed E-state index contributed by atoms with van der Waals surface area (Å²) < 4.78 is 6.37. The molecule has 0 aliphatic heterocycles. The van der Waals surface area contributed by atoms with Crippen molar-refractivity contribution >= 4 is 38.0 Å². The van der Waals surface area contributed by atoms with Gasteiger partial charge in [0.25, 0.3) is 5.89 Å². The number of anilines is 1. The third-order valence-electron chi connectivity index (χ3n) is 3.03. The Balaban J connectivity index is 1.66. The normalized spacial score (nSPS) is 11.2. The monoisotopic (exact) mass is 314 g/mol. The van der Waals surface area contributed by atoms with Crippen LogP contribution in [0, 0.1) is 0 Å². The maximum absolute atomic E-state index is 5.72. The fourth-order valence-corrected chi connectivity index (χ4v) is 3.56. The Morgan fingerprint density at radius 3 is 3.00 bits per heavy atom. The lowest BCUT2D eigenvalue weighted by molar-refractivity contribution is 0.424. The van der Waals surface area contributed by atoms with Gasteiger partial charge in [0.1, 0.15) is 0 Å². The quantitative estimate of drug-likeness (QED) is 0.625. The van der Waals surface area contributed by atoms with E-state index in [1.165, 1.54) is 16.2 Å². The lowest BCUT2D eigenvalue weighted by Crippen LogP contribution is -1.87. The third kappa shape index (κ3) is 2.41. The largest absolute Gasteiger partial charge is 0.375 e. The van der Waals surface area contributed by atoms with Crippen LogP contribution in [0.5, 0.6) is 0 Å². The van der Waals surface area contributed by atoms with Gasteiger partial charge in [-0.15, -0.1) is 11.3 Å². The lowest BCUT2D eigenvalue weighted by atomic mass is 10.2. The molecule has 0 unspecified atom stereocenters. The number of thiophene rings is 1. The molecule has 0 amide bonds. The molecule has 0 aliphatic carbocycles. The molecule has 7 heteroatoms. The van der Waals surface area contributed by atoms with Crippen LogP contribution in [0.3, 0.4) is 0 Å². The molecular formula is C14H10N4OS2. The average Bonchev–Trinajstić information content (AvgIpc) is 3.18. The first-order valence-electron chi connectivity index (χ1n) is 6.29. The van der Waals surface area contributed by atoms with Crippen LogP contribution in [0.1, 0.15) is 10.7 Å². The highest BCUT2D eigenvalue weighted by atomic mass is 32.1. The molecule has 0 fully saturated rings. The minimum absolute atomic E-state index is 0.524. The summed E-state index contributed by atoms with van der Waals surface area (Å²) in [5.74, 6) is 1.21. The molecule has 0 radical (unpaired) electrons. The van der Waals surface area contributed by atoms with Gasteiger partial charge in [0.15, 0.2) is 11.0 Å². The van der Waals surface area contributed by atoms with Crippen molar-refractivity contribution < 1.29 is 4.52 Å². The number of hydrogen-bond donors (Lipinski definition) is 1. The first kappa shape index (κ1) is 12.5. The number of nitrogen functional groups attached to an aromatic ring is 1. The molecule has 2 N–H and O–H groups in total. The van der Waals surface area contributed by atoms with Crippen molar-refractivity contribution in [3.63, 3.8) is 0 Å². The Morgan fingerprint density at radius 1 is 1.19 bits per heavy atom. The molecular weight excluding hydrogens is 304 g/mol. The van der Waals surface area contributed by atoms with E-state index >= 15 is 0 Å². The summed E-state index contributed by atoms with van der Waals surface area (Å²) in [5, 5.41) is 6.64. The molecule has 0 saturated carbocycles. The topological polar surface area (TPSA) is 77.8 Å². The van der Waals surface area contributed by atoms with Gasteiger partial charge in [0.2, 0.25) is 0 Å². The van der Waals surface area contributed by atoms with Gasteiger partial charge < -0.3 is 10.3 Å². The number of thiazole rings is 1. The zero-order chi connectivity index (χ0) is 14.2. The van der Waals surface area contributed by atoms with Crippen molar-refractivity contribution in [2.45, 2.75) is 6.42 Å². The van der Waals surface area contributed by atoms with E-state index in [1.807, 2.05) is 29.6 Å². The minimum Gasteiger partial charge on any atom is -0.375 e. The van der Waals surface area contributed by atoms with Gasteiger partial charge in [-0.2, -0.15) is 4.98 Å². The predicted molar refractivity (Wildman–Crippen MR) is 84.4 cm³/mol. The Hall–Kier alpha value is -2.25. The molecule has 3 aromatic heterocycles. The van der Waals surface area contributed by atoms with Crippen molar-refractivity contribution in [1.29, 1.82) is 0 Å². The van der Waals surface area contributed by atoms with Gasteiger partial charge >= 0.3 is 0 Å². The molecule has 4 rings (SSSR count). The maximum atomic E-state index is 5.72. The molecule has 4 aromatic rings. The fourth-order valence-electron chi connectivity index (χ4n) is 2.09. The van der Waals surface area contributed by atoms with Crippen LogP contribution in [0.25, 0.3) is 21.7 Å². The van der Waals surface area contributed by atoms with Crippen LogP contribution in [-0.4, -0.2) is 15.1 Å². The van der Waals surface area contributed by atoms with Gasteiger partial charge in [0, 0.05) is 16.9 Å². The van der Waals surface area contributed by atoms with E-state index in [0.717, 1.165) is 15.8 Å². The Bertz CT molecular complexity index is 895. The summed E-state index contributed by atoms with van der Waals surface area (Å²) in [5.41, 5.74) is 7.49. The van der Waals surface area contributed by atoms with E-state index in [0.29, 0.717) is 23.3 Å². The minimum atomic E-state index is 0.524. The Labute approximate surface area is 128 Å². The summed E-state index contributed by atoms with van der Waals surface area (Å²) in [6, 6.07) is 9.90. The second-order valence-corrected chi connectivity index (χ2v) is 6.60. The number of benzene rings is 1. The number of nitrogens with two attached hydrogens (primary N) is 1. The molecule has 104 valence electrons. The van der Waals surface area contributed by atoms with E-state index < -0.39 is 0 Å². The van der Waals surface area contributed by atoms with Gasteiger partial charge in [-0.05, 0) is 29.6 Å². The van der Waals surface area contributed by atoms with E-state index in [9.17, 15) is 0 Å². The van der Waals surface area contributed by atoms with Crippen molar-refractivity contribution in [3.8, 4) is 11.5 Å². The Kier molecular flexibility index (Phi) is 2.94. The second-order valence-electron chi connectivity index (χ2n) is 4.51.